The van der Waals surface area contributed by atoms with E-state index < -0.39 is 10.8 Å². The number of hydrogen-bond acceptors (Lipinski definition) is 4. The number of aryl methyl sites for hydroxylation is 2. The van der Waals surface area contributed by atoms with Crippen molar-refractivity contribution in [3.63, 3.8) is 0 Å². The van der Waals surface area contributed by atoms with Crippen LogP contribution < -0.4 is 4.74 Å². The van der Waals surface area contributed by atoms with E-state index in [1.165, 1.54) is 5.56 Å². The highest BCUT2D eigenvalue weighted by Gasteiger charge is 2.28. The van der Waals surface area contributed by atoms with E-state index in [4.69, 9.17) is 16.3 Å². The van der Waals surface area contributed by atoms with Gasteiger partial charge in [0.05, 0.1) is 29.2 Å². The lowest BCUT2D eigenvalue weighted by Crippen LogP contribution is -1.96. The molecule has 0 spiro atoms. The van der Waals surface area contributed by atoms with Gasteiger partial charge in [0.1, 0.15) is 10.8 Å². The Balaban J connectivity index is 1.78. The van der Waals surface area contributed by atoms with E-state index in [1.807, 2.05) is 29.7 Å². The monoisotopic (exact) mass is 402 g/mol. The van der Waals surface area contributed by atoms with Gasteiger partial charge in [-0.15, -0.1) is 0 Å². The van der Waals surface area contributed by atoms with Crippen molar-refractivity contribution in [2.24, 2.45) is 0 Å². The molecule has 1 aromatic heterocycles. The van der Waals surface area contributed by atoms with Gasteiger partial charge in [-0.2, -0.15) is 0 Å². The number of halogens is 1. The number of hydrogen-bond donors (Lipinski definition) is 1. The molecule has 4 rings (SSSR count). The maximum atomic E-state index is 13.0. The molecule has 3 aromatic rings. The lowest BCUT2D eigenvalue weighted by molar-refractivity contribution is 0.318. The Morgan fingerprint density at radius 1 is 1.37 bits per heavy atom. The fourth-order valence-electron chi connectivity index (χ4n) is 3.32. The topological polar surface area (TPSA) is 64.4 Å². The normalized spacial score (nSPS) is 17.6. The third-order valence-electron chi connectivity index (χ3n) is 4.79. The Kier molecular flexibility index (Phi) is 4.48. The van der Waals surface area contributed by atoms with Crippen molar-refractivity contribution >= 4 is 39.5 Å². The first-order valence-electron chi connectivity index (χ1n) is 8.64. The number of ether oxygens (including phenoxy) is 1. The highest BCUT2D eigenvalue weighted by Crippen LogP contribution is 2.37. The summed E-state index contributed by atoms with van der Waals surface area (Å²) in [5.41, 5.74) is 4.95. The summed E-state index contributed by atoms with van der Waals surface area (Å²) in [6.45, 7) is 6.87. The van der Waals surface area contributed by atoms with Crippen LogP contribution in [-0.4, -0.2) is 25.5 Å². The van der Waals surface area contributed by atoms with Crippen molar-refractivity contribution < 1.29 is 14.1 Å². The highest BCUT2D eigenvalue weighted by molar-refractivity contribution is 7.89. The van der Waals surface area contributed by atoms with E-state index in [2.05, 4.69) is 18.8 Å². The molecule has 0 amide bonds. The van der Waals surface area contributed by atoms with Crippen molar-refractivity contribution in [2.45, 2.75) is 32.5 Å². The summed E-state index contributed by atoms with van der Waals surface area (Å²) >= 11 is 6.11. The minimum Gasteiger partial charge on any atom is -0.503 e. The molecule has 1 N–H and O–H groups in total. The van der Waals surface area contributed by atoms with Crippen LogP contribution >= 0.6 is 11.6 Å². The first-order chi connectivity index (χ1) is 12.9. The zero-order valence-electron chi connectivity index (χ0n) is 15.2. The molecular formula is C20H19ClN2O3S. The van der Waals surface area contributed by atoms with Gasteiger partial charge in [-0.3, -0.25) is 0 Å². The average Bonchev–Trinajstić information content (AvgIpc) is 3.13. The number of fused-ring (bicyclic) bond motifs is 3. The minimum atomic E-state index is -1.34. The van der Waals surface area contributed by atoms with Crippen molar-refractivity contribution in [3.8, 4) is 11.5 Å². The third kappa shape index (κ3) is 2.93. The predicted molar refractivity (Wildman–Crippen MR) is 108 cm³/mol. The second-order valence-electron chi connectivity index (χ2n) is 6.52. The van der Waals surface area contributed by atoms with Gasteiger partial charge in [0.15, 0.2) is 11.5 Å². The molecule has 0 bridgehead atoms. The molecule has 5 nitrogen and oxygen atoms in total. The number of aromatic nitrogens is 2. The molecule has 2 heterocycles. The van der Waals surface area contributed by atoms with Gasteiger partial charge in [-0.05, 0) is 61.7 Å². The zero-order chi connectivity index (χ0) is 19.3. The van der Waals surface area contributed by atoms with E-state index in [0.717, 1.165) is 27.1 Å². The molecule has 0 radical (unpaired) electrons. The molecule has 27 heavy (non-hydrogen) atoms. The van der Waals surface area contributed by atoms with Gasteiger partial charge in [0, 0.05) is 4.91 Å². The van der Waals surface area contributed by atoms with Crippen molar-refractivity contribution in [1.29, 1.82) is 0 Å². The van der Waals surface area contributed by atoms with Gasteiger partial charge in [0.25, 0.3) is 0 Å². The maximum absolute atomic E-state index is 13.0. The smallest absolute Gasteiger partial charge is 0.205 e. The van der Waals surface area contributed by atoms with Gasteiger partial charge >= 0.3 is 0 Å². The second kappa shape index (κ2) is 6.69. The van der Waals surface area contributed by atoms with Gasteiger partial charge in [-0.25, -0.2) is 9.19 Å². The summed E-state index contributed by atoms with van der Waals surface area (Å²) in [6.07, 6.45) is 1.83. The quantitative estimate of drug-likeness (QED) is 0.696. The SMILES string of the molecule is CCOc1cc(C=C2Cn3c(nc4ccc(C)c(C)c43)S2=O)cc(Cl)c1O. The fraction of sp³-hybridized carbons (Fsp3) is 0.250. The van der Waals surface area contributed by atoms with Crippen LogP contribution in [0.2, 0.25) is 5.02 Å². The van der Waals surface area contributed by atoms with Gasteiger partial charge < -0.3 is 14.4 Å². The molecule has 0 fully saturated rings. The van der Waals surface area contributed by atoms with Gasteiger partial charge in [-0.1, -0.05) is 17.7 Å². The van der Waals surface area contributed by atoms with Crippen LogP contribution in [0.25, 0.3) is 17.1 Å². The number of rotatable bonds is 3. The number of imidazole rings is 1. The molecule has 2 aromatic carbocycles. The average molecular weight is 403 g/mol. The van der Waals surface area contributed by atoms with Crippen LogP contribution in [0.1, 0.15) is 23.6 Å². The fourth-order valence-corrected chi connectivity index (χ4v) is 4.80. The van der Waals surface area contributed by atoms with Gasteiger partial charge in [0.2, 0.25) is 5.16 Å². The maximum Gasteiger partial charge on any atom is 0.205 e. The summed E-state index contributed by atoms with van der Waals surface area (Å²) < 4.78 is 20.4. The number of nitrogens with zero attached hydrogens (tertiary/aromatic N) is 2. The Morgan fingerprint density at radius 2 is 2.15 bits per heavy atom. The standard InChI is InChI=1S/C20H19ClN2O3S/c1-4-26-17-9-13(8-15(21)19(17)24)7-14-10-23-18-12(3)11(2)5-6-16(18)22-20(23)27(14)25/h5-9,24H,4,10H2,1-3H3. The van der Waals surface area contributed by atoms with E-state index in [1.54, 1.807) is 12.1 Å². The molecule has 1 aliphatic rings. The Bertz CT molecular complexity index is 1130. The predicted octanol–water partition coefficient (Wildman–Crippen LogP) is 4.57. The van der Waals surface area contributed by atoms with Crippen LogP contribution in [0.5, 0.6) is 11.5 Å². The molecular weight excluding hydrogens is 384 g/mol. The summed E-state index contributed by atoms with van der Waals surface area (Å²) in [5, 5.41) is 10.8. The van der Waals surface area contributed by atoms with E-state index in [9.17, 15) is 9.32 Å². The number of benzene rings is 2. The van der Waals surface area contributed by atoms with Crippen molar-refractivity contribution in [2.75, 3.05) is 6.61 Å². The molecule has 0 aliphatic carbocycles. The van der Waals surface area contributed by atoms with Crippen LogP contribution in [0.4, 0.5) is 0 Å². The Morgan fingerprint density at radius 3 is 2.89 bits per heavy atom. The highest BCUT2D eigenvalue weighted by atomic mass is 35.5. The van der Waals surface area contributed by atoms with Crippen LogP contribution in [-0.2, 0) is 17.3 Å². The van der Waals surface area contributed by atoms with E-state index in [0.29, 0.717) is 24.1 Å². The van der Waals surface area contributed by atoms with Crippen LogP contribution in [0.15, 0.2) is 34.3 Å². The minimum absolute atomic E-state index is 0.0850. The first-order valence-corrected chi connectivity index (χ1v) is 10.2. The number of phenols is 1. The molecule has 1 unspecified atom stereocenters. The third-order valence-corrected chi connectivity index (χ3v) is 6.45. The Hall–Kier alpha value is -2.31. The largest absolute Gasteiger partial charge is 0.503 e. The summed E-state index contributed by atoms with van der Waals surface area (Å²) in [7, 11) is -1.34. The second-order valence-corrected chi connectivity index (χ2v) is 8.35. The molecule has 1 aliphatic heterocycles. The lowest BCUT2D eigenvalue weighted by atomic mass is 10.1. The van der Waals surface area contributed by atoms with Crippen molar-refractivity contribution in [1.82, 2.24) is 9.55 Å². The molecule has 0 saturated carbocycles. The Labute approximate surface area is 164 Å². The summed E-state index contributed by atoms with van der Waals surface area (Å²) in [4.78, 5) is 5.32. The van der Waals surface area contributed by atoms with Crippen molar-refractivity contribution in [3.05, 3.63) is 50.9 Å². The van der Waals surface area contributed by atoms with E-state index >= 15 is 0 Å². The number of phenolic OH excluding ortho intramolecular Hbond substituents is 1. The molecule has 7 heteroatoms. The summed E-state index contributed by atoms with van der Waals surface area (Å²) in [6, 6.07) is 7.34. The first kappa shape index (κ1) is 18.1. The van der Waals surface area contributed by atoms with E-state index in [-0.39, 0.29) is 10.8 Å². The number of allylic oxidation sites excluding steroid dienone is 1. The van der Waals surface area contributed by atoms with Crippen LogP contribution in [0, 0.1) is 13.8 Å². The van der Waals surface area contributed by atoms with Crippen LogP contribution in [0.3, 0.4) is 0 Å². The number of aromatic hydroxyl groups is 1. The summed E-state index contributed by atoms with van der Waals surface area (Å²) in [5.74, 6) is 0.230. The lowest BCUT2D eigenvalue weighted by Gasteiger charge is -2.09. The molecule has 0 saturated heterocycles. The molecule has 1 atom stereocenters. The zero-order valence-corrected chi connectivity index (χ0v) is 16.8. The molecule has 140 valence electrons.